The number of ether oxygens (including phenoxy) is 1. The number of nitrogens with two attached hydrogens (primary N) is 1. The molecule has 0 saturated heterocycles. The van der Waals surface area contributed by atoms with Crippen molar-refractivity contribution in [3.8, 4) is 0 Å². The second kappa shape index (κ2) is 5.44. The first-order valence-corrected chi connectivity index (χ1v) is 7.38. The number of anilines is 1. The lowest BCUT2D eigenvalue weighted by Gasteiger charge is -2.31. The maximum absolute atomic E-state index is 5.96. The average Bonchev–Trinajstić information content (AvgIpc) is 2.82. The summed E-state index contributed by atoms with van der Waals surface area (Å²) in [5.41, 5.74) is 8.01. The van der Waals surface area contributed by atoms with Crippen molar-refractivity contribution in [2.24, 2.45) is 11.8 Å². The Kier molecular flexibility index (Phi) is 3.66. The normalized spacial score (nSPS) is 27.0. The van der Waals surface area contributed by atoms with Gasteiger partial charge in [0.15, 0.2) is 5.58 Å². The maximum Gasteiger partial charge on any atom is 0.221 e. The SMILES string of the molecule is CC1CCC(OCc2nc3cc(N)ccc3o2)CC1C. The fourth-order valence-corrected chi connectivity index (χ4v) is 2.89. The van der Waals surface area contributed by atoms with Crippen LogP contribution in [0, 0.1) is 11.8 Å². The number of benzene rings is 1. The molecule has 2 N–H and O–H groups in total. The smallest absolute Gasteiger partial charge is 0.221 e. The molecule has 0 bridgehead atoms. The van der Waals surface area contributed by atoms with E-state index in [1.165, 1.54) is 6.42 Å². The minimum Gasteiger partial charge on any atom is -0.438 e. The van der Waals surface area contributed by atoms with Crippen LogP contribution in [-0.4, -0.2) is 11.1 Å². The molecule has 3 unspecified atom stereocenters. The number of hydrogen-bond donors (Lipinski definition) is 1. The number of rotatable bonds is 3. The predicted octanol–water partition coefficient (Wildman–Crippen LogP) is 3.75. The van der Waals surface area contributed by atoms with Crippen molar-refractivity contribution in [3.05, 3.63) is 24.1 Å². The van der Waals surface area contributed by atoms with Gasteiger partial charge in [-0.3, -0.25) is 0 Å². The Bertz CT molecular complexity index is 593. The first-order valence-electron chi connectivity index (χ1n) is 7.38. The Labute approximate surface area is 119 Å². The highest BCUT2D eigenvalue weighted by molar-refractivity contribution is 5.76. The van der Waals surface area contributed by atoms with Crippen LogP contribution in [0.4, 0.5) is 5.69 Å². The van der Waals surface area contributed by atoms with Crippen LogP contribution in [0.1, 0.15) is 39.0 Å². The first-order chi connectivity index (χ1) is 9.61. The van der Waals surface area contributed by atoms with Gasteiger partial charge >= 0.3 is 0 Å². The quantitative estimate of drug-likeness (QED) is 0.866. The topological polar surface area (TPSA) is 61.3 Å². The van der Waals surface area contributed by atoms with Gasteiger partial charge in [0.05, 0.1) is 6.10 Å². The van der Waals surface area contributed by atoms with Crippen molar-refractivity contribution in [2.45, 2.75) is 45.8 Å². The lowest BCUT2D eigenvalue weighted by atomic mass is 9.80. The van der Waals surface area contributed by atoms with E-state index in [4.69, 9.17) is 14.9 Å². The number of aromatic nitrogens is 1. The third-order valence-corrected chi connectivity index (χ3v) is 4.45. The molecule has 1 heterocycles. The fourth-order valence-electron chi connectivity index (χ4n) is 2.89. The molecule has 4 heteroatoms. The molecule has 2 aromatic rings. The summed E-state index contributed by atoms with van der Waals surface area (Å²) in [4.78, 5) is 4.42. The first kappa shape index (κ1) is 13.4. The highest BCUT2D eigenvalue weighted by Gasteiger charge is 2.25. The van der Waals surface area contributed by atoms with Gasteiger partial charge in [0.25, 0.3) is 0 Å². The molecule has 1 saturated carbocycles. The Hall–Kier alpha value is -1.55. The Morgan fingerprint density at radius 2 is 2.15 bits per heavy atom. The fraction of sp³-hybridized carbons (Fsp3) is 0.562. The molecule has 3 atom stereocenters. The van der Waals surface area contributed by atoms with Gasteiger partial charge < -0.3 is 14.9 Å². The molecule has 0 radical (unpaired) electrons. The average molecular weight is 274 g/mol. The van der Waals surface area contributed by atoms with Gasteiger partial charge in [-0.2, -0.15) is 0 Å². The van der Waals surface area contributed by atoms with E-state index in [-0.39, 0.29) is 0 Å². The summed E-state index contributed by atoms with van der Waals surface area (Å²) in [7, 11) is 0. The van der Waals surface area contributed by atoms with Crippen molar-refractivity contribution in [1.29, 1.82) is 0 Å². The van der Waals surface area contributed by atoms with Crippen LogP contribution in [0.5, 0.6) is 0 Å². The molecule has 1 aliphatic carbocycles. The minimum atomic E-state index is 0.335. The standard InChI is InChI=1S/C16H22N2O2/c1-10-3-5-13(7-11(10)2)19-9-16-18-14-8-12(17)4-6-15(14)20-16/h4,6,8,10-11,13H,3,5,7,9,17H2,1-2H3. The molecule has 0 amide bonds. The summed E-state index contributed by atoms with van der Waals surface area (Å²) >= 11 is 0. The van der Waals surface area contributed by atoms with Crippen LogP contribution in [0.25, 0.3) is 11.1 Å². The van der Waals surface area contributed by atoms with Gasteiger partial charge in [-0.1, -0.05) is 13.8 Å². The van der Waals surface area contributed by atoms with Crippen molar-refractivity contribution in [2.75, 3.05) is 5.73 Å². The van der Waals surface area contributed by atoms with E-state index in [1.807, 2.05) is 18.2 Å². The van der Waals surface area contributed by atoms with Gasteiger partial charge in [-0.25, -0.2) is 4.98 Å². The van der Waals surface area contributed by atoms with Crippen LogP contribution in [0.2, 0.25) is 0 Å². The molecular weight excluding hydrogens is 252 g/mol. The van der Waals surface area contributed by atoms with Crippen LogP contribution >= 0.6 is 0 Å². The maximum atomic E-state index is 5.96. The number of oxazole rings is 1. The summed E-state index contributed by atoms with van der Waals surface area (Å²) in [5, 5.41) is 0. The molecule has 1 aliphatic rings. The number of fused-ring (bicyclic) bond motifs is 1. The number of nitrogens with zero attached hydrogens (tertiary/aromatic N) is 1. The largest absolute Gasteiger partial charge is 0.438 e. The molecule has 1 aromatic carbocycles. The number of hydrogen-bond acceptors (Lipinski definition) is 4. The van der Waals surface area contributed by atoms with E-state index in [2.05, 4.69) is 18.8 Å². The third-order valence-electron chi connectivity index (χ3n) is 4.45. The Balaban J connectivity index is 1.62. The van der Waals surface area contributed by atoms with E-state index in [1.54, 1.807) is 0 Å². The predicted molar refractivity (Wildman–Crippen MR) is 79.2 cm³/mol. The summed E-state index contributed by atoms with van der Waals surface area (Å²) in [6, 6.07) is 5.50. The van der Waals surface area contributed by atoms with Crippen LogP contribution in [0.15, 0.2) is 22.6 Å². The highest BCUT2D eigenvalue weighted by Crippen LogP contribution is 2.31. The summed E-state index contributed by atoms with van der Waals surface area (Å²) in [6.45, 7) is 5.08. The molecule has 3 rings (SSSR count). The molecule has 0 spiro atoms. The van der Waals surface area contributed by atoms with Gasteiger partial charge in [0, 0.05) is 5.69 Å². The summed E-state index contributed by atoms with van der Waals surface area (Å²) in [6.07, 6.45) is 3.85. The second-order valence-electron chi connectivity index (χ2n) is 6.04. The van der Waals surface area contributed by atoms with Crippen LogP contribution < -0.4 is 5.73 Å². The van der Waals surface area contributed by atoms with E-state index in [0.29, 0.717) is 24.3 Å². The van der Waals surface area contributed by atoms with Crippen molar-refractivity contribution < 1.29 is 9.15 Å². The molecule has 108 valence electrons. The zero-order chi connectivity index (χ0) is 14.1. The Morgan fingerprint density at radius 3 is 2.95 bits per heavy atom. The lowest BCUT2D eigenvalue weighted by molar-refractivity contribution is -0.0152. The van der Waals surface area contributed by atoms with Gasteiger partial charge in [-0.15, -0.1) is 0 Å². The van der Waals surface area contributed by atoms with E-state index in [0.717, 1.165) is 35.8 Å². The Morgan fingerprint density at radius 1 is 1.30 bits per heavy atom. The van der Waals surface area contributed by atoms with Gasteiger partial charge in [0.2, 0.25) is 5.89 Å². The molecule has 4 nitrogen and oxygen atoms in total. The van der Waals surface area contributed by atoms with Gasteiger partial charge in [-0.05, 0) is 49.3 Å². The van der Waals surface area contributed by atoms with E-state index < -0.39 is 0 Å². The lowest BCUT2D eigenvalue weighted by Crippen LogP contribution is -2.26. The van der Waals surface area contributed by atoms with Crippen LogP contribution in [-0.2, 0) is 11.3 Å². The monoisotopic (exact) mass is 274 g/mol. The molecular formula is C16H22N2O2. The van der Waals surface area contributed by atoms with E-state index >= 15 is 0 Å². The van der Waals surface area contributed by atoms with Crippen LogP contribution in [0.3, 0.4) is 0 Å². The molecule has 0 aliphatic heterocycles. The van der Waals surface area contributed by atoms with Crippen molar-refractivity contribution in [1.82, 2.24) is 4.98 Å². The van der Waals surface area contributed by atoms with Crippen molar-refractivity contribution in [3.63, 3.8) is 0 Å². The zero-order valence-corrected chi connectivity index (χ0v) is 12.1. The second-order valence-corrected chi connectivity index (χ2v) is 6.04. The number of nitrogen functional groups attached to an aromatic ring is 1. The highest BCUT2D eigenvalue weighted by atomic mass is 16.5. The minimum absolute atomic E-state index is 0.335. The third kappa shape index (κ3) is 2.80. The summed E-state index contributed by atoms with van der Waals surface area (Å²) in [5.74, 6) is 2.18. The van der Waals surface area contributed by atoms with Crippen molar-refractivity contribution >= 4 is 16.8 Å². The van der Waals surface area contributed by atoms with Gasteiger partial charge in [0.1, 0.15) is 12.1 Å². The van der Waals surface area contributed by atoms with E-state index in [9.17, 15) is 0 Å². The molecule has 20 heavy (non-hydrogen) atoms. The molecule has 1 aromatic heterocycles. The summed E-state index contributed by atoms with van der Waals surface area (Å²) < 4.78 is 11.6. The molecule has 1 fully saturated rings. The zero-order valence-electron chi connectivity index (χ0n) is 12.1.